The molecule has 10 heteroatoms. The quantitative estimate of drug-likeness (QED) is 0.377. The Morgan fingerprint density at radius 1 is 1.08 bits per heavy atom. The molecule has 196 valence electrons. The molecule has 2 fully saturated rings. The van der Waals surface area contributed by atoms with Crippen molar-refractivity contribution < 1.29 is 29.0 Å². The summed E-state index contributed by atoms with van der Waals surface area (Å²) >= 11 is 1.36. The lowest BCUT2D eigenvalue weighted by Crippen LogP contribution is -2.67. The Morgan fingerprint density at radius 2 is 1.68 bits per heavy atom. The second kappa shape index (κ2) is 10.9. The highest BCUT2D eigenvalue weighted by molar-refractivity contribution is 8.01. The first-order chi connectivity index (χ1) is 17.6. The van der Waals surface area contributed by atoms with Crippen LogP contribution in [0.4, 0.5) is 0 Å². The number of thioether (sulfide) groups is 1. The van der Waals surface area contributed by atoms with E-state index >= 15 is 0 Å². The van der Waals surface area contributed by atoms with Gasteiger partial charge < -0.3 is 25.0 Å². The van der Waals surface area contributed by atoms with Crippen LogP contribution in [0.1, 0.15) is 25.0 Å². The number of hydrogen-bond donors (Lipinski definition) is 2. The molecule has 0 spiro atoms. The molecule has 0 unspecified atom stereocenters. The summed E-state index contributed by atoms with van der Waals surface area (Å²) in [6, 6.07) is 17.5. The van der Waals surface area contributed by atoms with Crippen LogP contribution in [0.25, 0.3) is 0 Å². The maximum absolute atomic E-state index is 13.3. The Kier molecular flexibility index (Phi) is 7.89. The van der Waals surface area contributed by atoms with Gasteiger partial charge in [-0.05, 0) is 25.0 Å². The second-order valence-electron chi connectivity index (χ2n) is 9.68. The van der Waals surface area contributed by atoms with Gasteiger partial charge in [0.2, 0.25) is 11.8 Å². The third-order valence-corrected chi connectivity index (χ3v) is 8.26. The Bertz CT molecular complexity index is 1160. The largest absolute Gasteiger partial charge is 0.459 e. The molecule has 4 rings (SSSR count). The van der Waals surface area contributed by atoms with E-state index in [1.54, 1.807) is 0 Å². The Labute approximate surface area is 220 Å². The van der Waals surface area contributed by atoms with Gasteiger partial charge in [0, 0.05) is 18.3 Å². The van der Waals surface area contributed by atoms with Crippen LogP contribution in [0, 0.1) is 5.92 Å². The molecule has 2 aliphatic rings. The number of rotatable bonds is 9. The minimum absolute atomic E-state index is 0.0854. The average Bonchev–Trinajstić information content (AvgIpc) is 3.14. The topological polar surface area (TPSA) is 116 Å². The van der Waals surface area contributed by atoms with Crippen molar-refractivity contribution in [1.82, 2.24) is 15.1 Å². The average molecular weight is 526 g/mol. The van der Waals surface area contributed by atoms with Crippen molar-refractivity contribution in [3.63, 3.8) is 0 Å². The number of benzene rings is 2. The molecule has 4 atom stereocenters. The minimum atomic E-state index is -1.65. The summed E-state index contributed by atoms with van der Waals surface area (Å²) in [6.45, 7) is 3.62. The number of ether oxygens (including phenoxy) is 1. The van der Waals surface area contributed by atoms with Gasteiger partial charge in [-0.1, -0.05) is 60.7 Å². The molecule has 3 amide bonds. The van der Waals surface area contributed by atoms with E-state index in [1.165, 1.54) is 28.6 Å². The zero-order valence-corrected chi connectivity index (χ0v) is 21.8. The fourth-order valence-electron chi connectivity index (χ4n) is 4.73. The van der Waals surface area contributed by atoms with Crippen LogP contribution in [-0.4, -0.2) is 74.5 Å². The lowest BCUT2D eigenvalue weighted by molar-refractivity contribution is -0.175. The SMILES string of the molecule is CNC(=O)CN(Cc1ccccc1)C(=O)[C@@H](O)[C@@H]1C(=O)N2[C@@H]1SC(C)(C)[C@@H]2C(=O)OCc1ccccc1. The summed E-state index contributed by atoms with van der Waals surface area (Å²) in [5.74, 6) is -3.13. The van der Waals surface area contributed by atoms with Crippen LogP contribution < -0.4 is 5.32 Å². The maximum Gasteiger partial charge on any atom is 0.330 e. The molecule has 2 heterocycles. The van der Waals surface area contributed by atoms with Crippen molar-refractivity contribution in [1.29, 1.82) is 0 Å². The zero-order chi connectivity index (χ0) is 26.7. The Morgan fingerprint density at radius 3 is 2.27 bits per heavy atom. The van der Waals surface area contributed by atoms with Gasteiger partial charge in [0.15, 0.2) is 0 Å². The predicted octanol–water partition coefficient (Wildman–Crippen LogP) is 1.54. The molecular formula is C27H31N3O6S. The summed E-state index contributed by atoms with van der Waals surface area (Å²) < 4.78 is 4.84. The third-order valence-electron chi connectivity index (χ3n) is 6.66. The molecule has 0 saturated carbocycles. The van der Waals surface area contributed by atoms with Gasteiger partial charge in [0.25, 0.3) is 5.91 Å². The fraction of sp³-hybridized carbons (Fsp3) is 0.407. The lowest BCUT2D eigenvalue weighted by Gasteiger charge is -2.45. The first-order valence-corrected chi connectivity index (χ1v) is 12.9. The van der Waals surface area contributed by atoms with Gasteiger partial charge in [-0.15, -0.1) is 11.8 Å². The summed E-state index contributed by atoms with van der Waals surface area (Å²) in [5.41, 5.74) is 1.62. The molecule has 2 saturated heterocycles. The number of nitrogens with one attached hydrogen (secondary N) is 1. The van der Waals surface area contributed by atoms with Gasteiger partial charge in [-0.3, -0.25) is 14.4 Å². The van der Waals surface area contributed by atoms with Gasteiger partial charge in [-0.2, -0.15) is 0 Å². The van der Waals surface area contributed by atoms with Crippen LogP contribution in [0.2, 0.25) is 0 Å². The molecule has 0 radical (unpaired) electrons. The molecule has 2 aromatic rings. The zero-order valence-electron chi connectivity index (χ0n) is 21.0. The normalized spacial score (nSPS) is 22.4. The van der Waals surface area contributed by atoms with E-state index in [4.69, 9.17) is 4.74 Å². The van der Waals surface area contributed by atoms with E-state index in [1.807, 2.05) is 74.5 Å². The van der Waals surface area contributed by atoms with Crippen LogP contribution >= 0.6 is 11.8 Å². The van der Waals surface area contributed by atoms with Crippen molar-refractivity contribution in [2.24, 2.45) is 5.92 Å². The van der Waals surface area contributed by atoms with Crippen molar-refractivity contribution in [3.05, 3.63) is 71.8 Å². The van der Waals surface area contributed by atoms with Crippen molar-refractivity contribution in [2.75, 3.05) is 13.6 Å². The fourth-order valence-corrected chi connectivity index (χ4v) is 6.44. The minimum Gasteiger partial charge on any atom is -0.459 e. The highest BCUT2D eigenvalue weighted by Gasteiger charge is 2.66. The predicted molar refractivity (Wildman–Crippen MR) is 138 cm³/mol. The summed E-state index contributed by atoms with van der Waals surface area (Å²) in [5, 5.41) is 13.0. The smallest absolute Gasteiger partial charge is 0.330 e. The standard InChI is InChI=1S/C27H31N3O6S/c1-27(2)22(26(35)36-16-18-12-8-5-9-13-18)30-23(33)20(25(30)37-27)21(32)24(34)29(15-19(31)28-3)14-17-10-6-4-7-11-17/h4-13,20-22,25,32H,14-16H2,1-3H3,(H,28,31)/t20-,21+,22+,25-/m1/s1. The maximum atomic E-state index is 13.3. The molecule has 0 bridgehead atoms. The first-order valence-electron chi connectivity index (χ1n) is 12.1. The summed E-state index contributed by atoms with van der Waals surface area (Å²) in [6.07, 6.45) is -1.65. The number of nitrogens with zero attached hydrogens (tertiary/aromatic N) is 2. The van der Waals surface area contributed by atoms with Gasteiger partial charge in [0.1, 0.15) is 24.7 Å². The molecular weight excluding hydrogens is 494 g/mol. The molecule has 2 aromatic carbocycles. The monoisotopic (exact) mass is 525 g/mol. The highest BCUT2D eigenvalue weighted by atomic mass is 32.2. The number of fused-ring (bicyclic) bond motifs is 1. The lowest BCUT2D eigenvalue weighted by atomic mass is 9.87. The van der Waals surface area contributed by atoms with E-state index in [-0.39, 0.29) is 19.7 Å². The van der Waals surface area contributed by atoms with Crippen LogP contribution in [0.15, 0.2) is 60.7 Å². The first kappa shape index (κ1) is 26.7. The number of likely N-dealkylation sites (N-methyl/N-ethyl adjacent to an activating group) is 1. The van der Waals surface area contributed by atoms with Crippen LogP contribution in [0.3, 0.4) is 0 Å². The van der Waals surface area contributed by atoms with E-state index in [9.17, 15) is 24.3 Å². The van der Waals surface area contributed by atoms with Crippen molar-refractivity contribution in [3.8, 4) is 0 Å². The second-order valence-corrected chi connectivity index (χ2v) is 11.4. The number of hydrogen-bond acceptors (Lipinski definition) is 7. The molecule has 0 aliphatic carbocycles. The van der Waals surface area contributed by atoms with Crippen molar-refractivity contribution in [2.45, 2.75) is 49.3 Å². The number of carbonyl (C=O) groups is 4. The van der Waals surface area contributed by atoms with E-state index in [0.717, 1.165) is 11.1 Å². The van der Waals surface area contributed by atoms with E-state index in [0.29, 0.717) is 0 Å². The molecule has 37 heavy (non-hydrogen) atoms. The van der Waals surface area contributed by atoms with Crippen LogP contribution in [0.5, 0.6) is 0 Å². The highest BCUT2D eigenvalue weighted by Crippen LogP contribution is 2.54. The number of esters is 1. The number of aliphatic hydroxyl groups is 1. The number of amides is 3. The Hall–Kier alpha value is -3.37. The molecule has 2 N–H and O–H groups in total. The van der Waals surface area contributed by atoms with Gasteiger partial charge in [-0.25, -0.2) is 4.79 Å². The number of carbonyl (C=O) groups excluding carboxylic acids is 4. The molecule has 0 aromatic heterocycles. The van der Waals surface area contributed by atoms with E-state index < -0.39 is 51.9 Å². The summed E-state index contributed by atoms with van der Waals surface area (Å²) in [7, 11) is 1.46. The van der Waals surface area contributed by atoms with Gasteiger partial charge in [0.05, 0.1) is 11.9 Å². The number of aliphatic hydroxyl groups excluding tert-OH is 1. The third kappa shape index (κ3) is 5.50. The number of β-lactam (4-membered cyclic amide) rings is 1. The molecule has 2 aliphatic heterocycles. The van der Waals surface area contributed by atoms with Crippen molar-refractivity contribution >= 4 is 35.5 Å². The summed E-state index contributed by atoms with van der Waals surface area (Å²) in [4.78, 5) is 54.3. The molecule has 9 nitrogen and oxygen atoms in total. The van der Waals surface area contributed by atoms with Gasteiger partial charge >= 0.3 is 5.97 Å². The van der Waals surface area contributed by atoms with Crippen LogP contribution in [-0.2, 0) is 37.1 Å². The van der Waals surface area contributed by atoms with E-state index in [2.05, 4.69) is 5.32 Å². The Balaban J connectivity index is 1.47.